The van der Waals surface area contributed by atoms with Crippen LogP contribution < -0.4 is 9.47 Å². The van der Waals surface area contributed by atoms with Gasteiger partial charge in [-0.05, 0) is 36.1 Å². The number of nitriles is 1. The van der Waals surface area contributed by atoms with Gasteiger partial charge in [0.25, 0.3) is 0 Å². The van der Waals surface area contributed by atoms with Crippen LogP contribution in [0.2, 0.25) is 0 Å². The molecular weight excluding hydrogens is 422 g/mol. The van der Waals surface area contributed by atoms with Crippen LogP contribution in [0.5, 0.6) is 11.5 Å². The lowest BCUT2D eigenvalue weighted by molar-refractivity contribution is -0.131. The van der Waals surface area contributed by atoms with E-state index >= 15 is 0 Å². The van der Waals surface area contributed by atoms with Crippen molar-refractivity contribution in [2.24, 2.45) is 0 Å². The summed E-state index contributed by atoms with van der Waals surface area (Å²) in [5.41, 5.74) is 2.88. The topological polar surface area (TPSA) is 65.8 Å². The third-order valence-electron chi connectivity index (χ3n) is 5.94. The second-order valence-corrected chi connectivity index (χ2v) is 8.86. The first-order chi connectivity index (χ1) is 15.6. The van der Waals surface area contributed by atoms with Gasteiger partial charge in [0.2, 0.25) is 5.91 Å². The molecule has 0 aromatic heterocycles. The highest BCUT2D eigenvalue weighted by molar-refractivity contribution is 8.03. The smallest absolute Gasteiger partial charge is 0.229 e. The Morgan fingerprint density at radius 2 is 1.91 bits per heavy atom. The van der Waals surface area contributed by atoms with Gasteiger partial charge < -0.3 is 9.47 Å². The van der Waals surface area contributed by atoms with Crippen LogP contribution in [0.1, 0.15) is 29.9 Å². The summed E-state index contributed by atoms with van der Waals surface area (Å²) < 4.78 is 10.7. The monoisotopic (exact) mass is 449 g/mol. The van der Waals surface area contributed by atoms with E-state index in [4.69, 9.17) is 9.47 Å². The molecule has 0 radical (unpaired) electrons. The number of carbonyl (C=O) groups is 1. The average molecular weight is 450 g/mol. The second-order valence-electron chi connectivity index (χ2n) is 7.92. The van der Waals surface area contributed by atoms with Crippen LogP contribution in [-0.4, -0.2) is 49.0 Å². The van der Waals surface area contributed by atoms with Crippen LogP contribution in [-0.2, 0) is 11.2 Å². The van der Waals surface area contributed by atoms with Crippen LogP contribution in [0.3, 0.4) is 0 Å². The van der Waals surface area contributed by atoms with Crippen molar-refractivity contribution < 1.29 is 14.3 Å². The van der Waals surface area contributed by atoms with Crippen molar-refractivity contribution in [3.05, 3.63) is 70.3 Å². The number of carbonyl (C=O) groups excluding carboxylic acids is 1. The van der Waals surface area contributed by atoms with E-state index in [1.165, 1.54) is 5.56 Å². The first-order valence-electron chi connectivity index (χ1n) is 10.7. The standard InChI is InChI=1S/C25H27N3O3S/c1-30-22-11-10-19(13-23(22)31-2)20-14-24(29)28-16-27(17-32-25(28)21(20)15-26)12-6-9-18-7-4-3-5-8-18/h3-5,7-8,10-11,13,20H,6,9,12,14,16-17H2,1-2H3/t20-/m1/s1. The molecule has 2 heterocycles. The van der Waals surface area contributed by atoms with E-state index in [0.29, 0.717) is 23.7 Å². The number of fused-ring (bicyclic) bond motifs is 1. The molecule has 2 aliphatic rings. The molecule has 0 saturated carbocycles. The number of amides is 1. The minimum atomic E-state index is -0.268. The summed E-state index contributed by atoms with van der Waals surface area (Å²) in [6, 6.07) is 18.4. The molecule has 0 N–H and O–H groups in total. The Balaban J connectivity index is 1.48. The molecule has 1 atom stereocenters. The predicted octanol–water partition coefficient (Wildman–Crippen LogP) is 4.35. The number of methoxy groups -OCH3 is 2. The number of hydrogen-bond donors (Lipinski definition) is 0. The van der Waals surface area contributed by atoms with Gasteiger partial charge in [-0.15, -0.1) is 0 Å². The van der Waals surface area contributed by atoms with Crippen LogP contribution >= 0.6 is 11.8 Å². The summed E-state index contributed by atoms with van der Waals surface area (Å²) in [6.07, 6.45) is 2.33. The van der Waals surface area contributed by atoms with E-state index in [1.807, 2.05) is 24.3 Å². The fourth-order valence-corrected chi connectivity index (χ4v) is 5.43. The summed E-state index contributed by atoms with van der Waals surface area (Å²) in [4.78, 5) is 17.1. The van der Waals surface area contributed by atoms with Gasteiger partial charge in [-0.3, -0.25) is 14.6 Å². The molecule has 1 fully saturated rings. The molecule has 0 spiro atoms. The number of thioether (sulfide) groups is 1. The maximum absolute atomic E-state index is 13.1. The van der Waals surface area contributed by atoms with Crippen LogP contribution in [0, 0.1) is 11.3 Å². The number of allylic oxidation sites excluding steroid dienone is 1. The Bertz CT molecular complexity index is 1050. The van der Waals surface area contributed by atoms with Gasteiger partial charge >= 0.3 is 0 Å². The third kappa shape index (κ3) is 4.62. The molecular formula is C25H27N3O3S. The van der Waals surface area contributed by atoms with E-state index in [2.05, 4.69) is 35.2 Å². The van der Waals surface area contributed by atoms with E-state index in [1.54, 1.807) is 30.9 Å². The van der Waals surface area contributed by atoms with Crippen molar-refractivity contribution in [1.82, 2.24) is 9.80 Å². The predicted molar refractivity (Wildman–Crippen MR) is 125 cm³/mol. The number of nitrogens with zero attached hydrogens (tertiary/aromatic N) is 3. The zero-order valence-corrected chi connectivity index (χ0v) is 19.2. The fraction of sp³-hybridized carbons (Fsp3) is 0.360. The molecule has 0 bridgehead atoms. The number of hydrogen-bond acceptors (Lipinski definition) is 6. The van der Waals surface area contributed by atoms with Crippen molar-refractivity contribution in [2.75, 3.05) is 33.3 Å². The number of benzene rings is 2. The molecule has 2 aromatic rings. The first kappa shape index (κ1) is 22.3. The first-order valence-corrected chi connectivity index (χ1v) is 11.7. The maximum atomic E-state index is 13.1. The summed E-state index contributed by atoms with van der Waals surface area (Å²) in [7, 11) is 3.18. The van der Waals surface area contributed by atoms with E-state index < -0.39 is 0 Å². The highest BCUT2D eigenvalue weighted by Gasteiger charge is 2.38. The zero-order valence-electron chi connectivity index (χ0n) is 18.4. The molecule has 0 unspecified atom stereocenters. The zero-order chi connectivity index (χ0) is 22.5. The van der Waals surface area contributed by atoms with Crippen LogP contribution in [0.4, 0.5) is 0 Å². The summed E-state index contributed by atoms with van der Waals surface area (Å²) in [5.74, 6) is 1.79. The van der Waals surface area contributed by atoms with E-state index in [-0.39, 0.29) is 18.2 Å². The highest BCUT2D eigenvalue weighted by atomic mass is 32.2. The lowest BCUT2D eigenvalue weighted by atomic mass is 9.86. The molecule has 1 saturated heterocycles. The summed E-state index contributed by atoms with van der Waals surface area (Å²) in [5, 5.41) is 10.8. The fourth-order valence-electron chi connectivity index (χ4n) is 4.25. The largest absolute Gasteiger partial charge is 0.493 e. The Morgan fingerprint density at radius 3 is 2.62 bits per heavy atom. The number of aryl methyl sites for hydroxylation is 1. The van der Waals surface area contributed by atoms with Crippen LogP contribution in [0.25, 0.3) is 0 Å². The minimum Gasteiger partial charge on any atom is -0.493 e. The molecule has 0 aliphatic carbocycles. The van der Waals surface area contributed by atoms with Crippen LogP contribution in [0.15, 0.2) is 59.1 Å². The highest BCUT2D eigenvalue weighted by Crippen LogP contribution is 2.44. The van der Waals surface area contributed by atoms with Gasteiger partial charge in [-0.25, -0.2) is 0 Å². The van der Waals surface area contributed by atoms with Gasteiger partial charge in [0.1, 0.15) is 0 Å². The van der Waals surface area contributed by atoms with Crippen molar-refractivity contribution in [2.45, 2.75) is 25.2 Å². The molecule has 2 aromatic carbocycles. The van der Waals surface area contributed by atoms with Gasteiger partial charge in [0, 0.05) is 18.9 Å². The van der Waals surface area contributed by atoms with Crippen molar-refractivity contribution in [3.63, 3.8) is 0 Å². The van der Waals surface area contributed by atoms with Crippen molar-refractivity contribution >= 4 is 17.7 Å². The van der Waals surface area contributed by atoms with Gasteiger partial charge in [0.05, 0.1) is 43.4 Å². The molecule has 2 aliphatic heterocycles. The SMILES string of the molecule is COc1ccc([C@H]2CC(=O)N3CN(CCCc4ccccc4)CSC3=C2C#N)cc1OC. The number of rotatable bonds is 7. The summed E-state index contributed by atoms with van der Waals surface area (Å²) >= 11 is 1.59. The molecule has 4 rings (SSSR count). The maximum Gasteiger partial charge on any atom is 0.229 e. The van der Waals surface area contributed by atoms with E-state index in [9.17, 15) is 10.1 Å². The average Bonchev–Trinajstić information content (AvgIpc) is 2.84. The van der Waals surface area contributed by atoms with E-state index in [0.717, 1.165) is 35.9 Å². The normalized spacial score (nSPS) is 18.8. The lowest BCUT2D eigenvalue weighted by Crippen LogP contribution is -2.47. The molecule has 6 nitrogen and oxygen atoms in total. The van der Waals surface area contributed by atoms with Gasteiger partial charge in [-0.2, -0.15) is 5.26 Å². The Hall–Kier alpha value is -2.95. The summed E-state index contributed by atoms with van der Waals surface area (Å²) in [6.45, 7) is 1.46. The Kier molecular flexibility index (Phi) is 7.03. The molecule has 1 amide bonds. The molecule has 7 heteroatoms. The quantitative estimate of drug-likeness (QED) is 0.626. The molecule has 32 heavy (non-hydrogen) atoms. The second kappa shape index (κ2) is 10.1. The van der Waals surface area contributed by atoms with Gasteiger partial charge in [0.15, 0.2) is 11.5 Å². The minimum absolute atomic E-state index is 0.0547. The van der Waals surface area contributed by atoms with Crippen molar-refractivity contribution in [3.8, 4) is 17.6 Å². The van der Waals surface area contributed by atoms with Gasteiger partial charge in [-0.1, -0.05) is 48.2 Å². The Labute approximate surface area is 193 Å². The van der Waals surface area contributed by atoms with Crippen molar-refractivity contribution in [1.29, 1.82) is 5.26 Å². The number of ether oxygens (including phenoxy) is 2. The third-order valence-corrected chi connectivity index (χ3v) is 7.15. The lowest BCUT2D eigenvalue weighted by Gasteiger charge is -2.41. The Morgan fingerprint density at radius 1 is 1.12 bits per heavy atom. The molecule has 166 valence electrons.